The number of hydrogen-bond acceptors (Lipinski definition) is 5. The molecule has 0 bridgehead atoms. The number of thiol groups is 1. The summed E-state index contributed by atoms with van der Waals surface area (Å²) in [6.07, 6.45) is 3.07. The van der Waals surface area contributed by atoms with Crippen molar-refractivity contribution in [2.24, 2.45) is 0 Å². The van der Waals surface area contributed by atoms with E-state index in [0.29, 0.717) is 4.90 Å². The first-order chi connectivity index (χ1) is 10.6. The van der Waals surface area contributed by atoms with Gasteiger partial charge in [-0.15, -0.1) is 12.6 Å². The molecule has 0 spiro atoms. The van der Waals surface area contributed by atoms with Gasteiger partial charge in [0, 0.05) is 29.2 Å². The zero-order valence-electron chi connectivity index (χ0n) is 11.5. The van der Waals surface area contributed by atoms with Gasteiger partial charge in [0.2, 0.25) is 0 Å². The number of hydrogen-bond donors (Lipinski definition) is 2. The maximum atomic E-state index is 12.2. The highest BCUT2D eigenvalue weighted by molar-refractivity contribution is 7.89. The molecule has 7 heteroatoms. The molecule has 0 saturated heterocycles. The second-order valence-electron chi connectivity index (χ2n) is 4.67. The summed E-state index contributed by atoms with van der Waals surface area (Å²) in [7, 11) is -3.66. The van der Waals surface area contributed by atoms with E-state index in [1.54, 1.807) is 18.3 Å². The van der Waals surface area contributed by atoms with Gasteiger partial charge in [-0.1, -0.05) is 18.2 Å². The Bertz CT molecular complexity index is 904. The van der Waals surface area contributed by atoms with Gasteiger partial charge in [0.15, 0.2) is 5.03 Å². The summed E-state index contributed by atoms with van der Waals surface area (Å²) >= 11 is 4.09. The minimum absolute atomic E-state index is 0.0244. The predicted octanol–water partition coefficient (Wildman–Crippen LogP) is 2.40. The average molecular weight is 331 g/mol. The van der Waals surface area contributed by atoms with Crippen molar-refractivity contribution >= 4 is 33.6 Å². The number of benzene rings is 1. The SMILES string of the molecule is O=S(=O)(NCc1ccnc2ccccc12)c1ccc(S)cn1. The molecule has 0 atom stereocenters. The summed E-state index contributed by atoms with van der Waals surface area (Å²) in [5.41, 5.74) is 1.69. The highest BCUT2D eigenvalue weighted by Gasteiger charge is 2.15. The van der Waals surface area contributed by atoms with Crippen LogP contribution in [-0.2, 0) is 16.6 Å². The molecule has 2 heterocycles. The molecule has 112 valence electrons. The van der Waals surface area contributed by atoms with Crippen molar-refractivity contribution in [2.75, 3.05) is 0 Å². The molecule has 0 aliphatic rings. The molecule has 2 aromatic heterocycles. The van der Waals surface area contributed by atoms with Crippen molar-refractivity contribution in [2.45, 2.75) is 16.5 Å². The van der Waals surface area contributed by atoms with Gasteiger partial charge in [0.25, 0.3) is 10.0 Å². The summed E-state index contributed by atoms with van der Waals surface area (Å²) in [5, 5.41) is 0.898. The van der Waals surface area contributed by atoms with E-state index in [9.17, 15) is 8.42 Å². The van der Waals surface area contributed by atoms with Gasteiger partial charge < -0.3 is 0 Å². The Morgan fingerprint density at radius 1 is 1.05 bits per heavy atom. The van der Waals surface area contributed by atoms with Crippen molar-refractivity contribution in [3.63, 3.8) is 0 Å². The van der Waals surface area contributed by atoms with Gasteiger partial charge in [-0.3, -0.25) is 4.98 Å². The lowest BCUT2D eigenvalue weighted by molar-refractivity contribution is 0.577. The summed E-state index contributed by atoms with van der Waals surface area (Å²) in [6, 6.07) is 12.4. The number of aromatic nitrogens is 2. The second-order valence-corrected chi connectivity index (χ2v) is 6.90. The number of para-hydroxylation sites is 1. The zero-order chi connectivity index (χ0) is 15.6. The molecule has 22 heavy (non-hydrogen) atoms. The Balaban J connectivity index is 1.86. The van der Waals surface area contributed by atoms with E-state index in [2.05, 4.69) is 27.3 Å². The maximum Gasteiger partial charge on any atom is 0.258 e. The third-order valence-corrected chi connectivity index (χ3v) is 4.77. The van der Waals surface area contributed by atoms with Crippen molar-refractivity contribution in [1.82, 2.24) is 14.7 Å². The fraction of sp³-hybridized carbons (Fsp3) is 0.0667. The van der Waals surface area contributed by atoms with Crippen LogP contribution in [0.4, 0.5) is 0 Å². The van der Waals surface area contributed by atoms with Crippen LogP contribution in [0.5, 0.6) is 0 Å². The van der Waals surface area contributed by atoms with Gasteiger partial charge in [-0.05, 0) is 29.8 Å². The van der Waals surface area contributed by atoms with E-state index in [1.807, 2.05) is 24.3 Å². The van der Waals surface area contributed by atoms with Crippen LogP contribution in [0, 0.1) is 0 Å². The fourth-order valence-electron chi connectivity index (χ4n) is 2.09. The largest absolute Gasteiger partial charge is 0.258 e. The molecule has 0 saturated carbocycles. The van der Waals surface area contributed by atoms with Crippen LogP contribution in [0.15, 0.2) is 64.8 Å². The molecule has 1 aromatic carbocycles. The lowest BCUT2D eigenvalue weighted by Crippen LogP contribution is -2.24. The molecule has 5 nitrogen and oxygen atoms in total. The van der Waals surface area contributed by atoms with Crippen molar-refractivity contribution < 1.29 is 8.42 Å². The number of nitrogens with zero attached hydrogens (tertiary/aromatic N) is 2. The Morgan fingerprint density at radius 3 is 2.64 bits per heavy atom. The van der Waals surface area contributed by atoms with Crippen molar-refractivity contribution in [3.05, 3.63) is 60.4 Å². The van der Waals surface area contributed by atoms with Crippen molar-refractivity contribution in [3.8, 4) is 0 Å². The molecule has 0 unspecified atom stereocenters. The monoisotopic (exact) mass is 331 g/mol. The molecule has 0 fully saturated rings. The molecule has 3 rings (SSSR count). The van der Waals surface area contributed by atoms with E-state index in [-0.39, 0.29) is 11.6 Å². The number of sulfonamides is 1. The quantitative estimate of drug-likeness (QED) is 0.720. The Morgan fingerprint density at radius 2 is 1.86 bits per heavy atom. The number of nitrogens with one attached hydrogen (secondary N) is 1. The normalized spacial score (nSPS) is 11.7. The minimum Gasteiger partial charge on any atom is -0.256 e. The molecule has 3 aromatic rings. The fourth-order valence-corrected chi connectivity index (χ4v) is 3.15. The van der Waals surface area contributed by atoms with Crippen LogP contribution in [-0.4, -0.2) is 18.4 Å². The average Bonchev–Trinajstić information content (AvgIpc) is 2.53. The summed E-state index contributed by atoms with van der Waals surface area (Å²) in [6.45, 7) is 0.176. The van der Waals surface area contributed by atoms with Gasteiger partial charge in [-0.2, -0.15) is 0 Å². The summed E-state index contributed by atoms with van der Waals surface area (Å²) < 4.78 is 27.0. The molecular formula is C15H13N3O2S2. The van der Waals surface area contributed by atoms with Crippen LogP contribution in [0.1, 0.15) is 5.56 Å². The van der Waals surface area contributed by atoms with Crippen LogP contribution < -0.4 is 4.72 Å². The van der Waals surface area contributed by atoms with E-state index < -0.39 is 10.0 Å². The summed E-state index contributed by atoms with van der Waals surface area (Å²) in [4.78, 5) is 8.75. The second kappa shape index (κ2) is 6.04. The first-order valence-corrected chi connectivity index (χ1v) is 8.47. The smallest absolute Gasteiger partial charge is 0.256 e. The molecule has 1 N–H and O–H groups in total. The molecular weight excluding hydrogens is 318 g/mol. The number of pyridine rings is 2. The number of fused-ring (bicyclic) bond motifs is 1. The third-order valence-electron chi connectivity index (χ3n) is 3.19. The molecule has 0 amide bonds. The van der Waals surface area contributed by atoms with Crippen LogP contribution in [0.2, 0.25) is 0 Å². The molecule has 0 aliphatic heterocycles. The van der Waals surface area contributed by atoms with Gasteiger partial charge in [-0.25, -0.2) is 18.1 Å². The summed E-state index contributed by atoms with van der Waals surface area (Å²) in [5.74, 6) is 0. The number of rotatable bonds is 4. The van der Waals surface area contributed by atoms with Gasteiger partial charge in [0.1, 0.15) is 0 Å². The topological polar surface area (TPSA) is 72.0 Å². The van der Waals surface area contributed by atoms with Gasteiger partial charge in [0.05, 0.1) is 5.52 Å². The minimum atomic E-state index is -3.66. The molecule has 0 radical (unpaired) electrons. The van der Waals surface area contributed by atoms with Crippen LogP contribution >= 0.6 is 12.6 Å². The van der Waals surface area contributed by atoms with E-state index in [0.717, 1.165) is 16.5 Å². The molecule has 0 aliphatic carbocycles. The highest BCUT2D eigenvalue weighted by atomic mass is 32.2. The van der Waals surface area contributed by atoms with Crippen molar-refractivity contribution in [1.29, 1.82) is 0 Å². The predicted molar refractivity (Wildman–Crippen MR) is 87.3 cm³/mol. The zero-order valence-corrected chi connectivity index (χ0v) is 13.2. The van der Waals surface area contributed by atoms with E-state index >= 15 is 0 Å². The standard InChI is InChI=1S/C15H13N3O2S2/c19-22(20,15-6-5-12(21)10-17-15)18-9-11-7-8-16-14-4-2-1-3-13(11)14/h1-8,10,18,21H,9H2. The highest BCUT2D eigenvalue weighted by Crippen LogP contribution is 2.17. The van der Waals surface area contributed by atoms with Crippen LogP contribution in [0.3, 0.4) is 0 Å². The van der Waals surface area contributed by atoms with Crippen LogP contribution in [0.25, 0.3) is 10.9 Å². The van der Waals surface area contributed by atoms with E-state index in [1.165, 1.54) is 12.3 Å². The first-order valence-electron chi connectivity index (χ1n) is 6.53. The lowest BCUT2D eigenvalue weighted by atomic mass is 10.1. The van der Waals surface area contributed by atoms with Gasteiger partial charge >= 0.3 is 0 Å². The Labute approximate surface area is 133 Å². The first kappa shape index (κ1) is 15.0. The third kappa shape index (κ3) is 3.11. The Kier molecular flexibility index (Phi) is 4.10. The van der Waals surface area contributed by atoms with E-state index in [4.69, 9.17) is 0 Å². The lowest BCUT2D eigenvalue weighted by Gasteiger charge is -2.08. The maximum absolute atomic E-state index is 12.2. The Hall–Kier alpha value is -1.96.